The largest absolute Gasteiger partial charge is 0.497 e. The van der Waals surface area contributed by atoms with Gasteiger partial charge in [0.1, 0.15) is 17.4 Å². The Morgan fingerprint density at radius 1 is 1.16 bits per heavy atom. The summed E-state index contributed by atoms with van der Waals surface area (Å²) in [4.78, 5) is 21.3. The van der Waals surface area contributed by atoms with E-state index < -0.39 is 23.0 Å². The highest BCUT2D eigenvalue weighted by Gasteiger charge is 2.40. The summed E-state index contributed by atoms with van der Waals surface area (Å²) in [6.07, 6.45) is 5.10. The first kappa shape index (κ1) is 27.6. The molecule has 0 atom stereocenters. The molecule has 1 fully saturated rings. The van der Waals surface area contributed by atoms with Crippen LogP contribution in [0.2, 0.25) is 0 Å². The van der Waals surface area contributed by atoms with Gasteiger partial charge in [0.05, 0.1) is 29.9 Å². The first-order valence-electron chi connectivity index (χ1n) is 13.0. The number of aliphatic carboxylic acids is 1. The average Bonchev–Trinajstić information content (AvgIpc) is 2.88. The number of hydrogen-bond donors (Lipinski definition) is 2. The molecule has 1 saturated heterocycles. The van der Waals surface area contributed by atoms with E-state index in [1.165, 1.54) is 12.1 Å². The summed E-state index contributed by atoms with van der Waals surface area (Å²) in [5.41, 5.74) is 2.71. The molecule has 1 aliphatic heterocycles. The lowest BCUT2D eigenvalue weighted by molar-refractivity contribution is -0.152. The molecule has 0 spiro atoms. The van der Waals surface area contributed by atoms with E-state index in [-0.39, 0.29) is 0 Å². The number of nitrogens with zero attached hydrogens (tertiary/aromatic N) is 3. The fraction of sp³-hybridized carbons (Fsp3) is 0.448. The highest BCUT2D eigenvalue weighted by molar-refractivity contribution is 5.88. The van der Waals surface area contributed by atoms with Crippen molar-refractivity contribution < 1.29 is 23.4 Å². The number of carboxylic acids is 1. The number of carbonyl (C=O) groups is 1. The highest BCUT2D eigenvalue weighted by Crippen LogP contribution is 2.38. The van der Waals surface area contributed by atoms with Crippen LogP contribution in [-0.2, 0) is 11.2 Å². The number of benzene rings is 2. The van der Waals surface area contributed by atoms with Crippen molar-refractivity contribution in [3.63, 3.8) is 0 Å². The van der Waals surface area contributed by atoms with E-state index >= 15 is 0 Å². The fourth-order valence-electron chi connectivity index (χ4n) is 5.38. The highest BCUT2D eigenvalue weighted by atomic mass is 19.1. The Balaban J connectivity index is 1.37. The maximum atomic E-state index is 13.4. The molecule has 38 heavy (non-hydrogen) atoms. The van der Waals surface area contributed by atoms with Crippen LogP contribution >= 0.6 is 0 Å². The second-order valence-electron chi connectivity index (χ2n) is 10.3. The average molecular weight is 527 g/mol. The number of likely N-dealkylation sites (tertiary alicyclic amines) is 1. The lowest BCUT2D eigenvalue weighted by atomic mass is 9.74. The standard InChI is InChI=1S/C29H36F2N4O3/c1-34(2)27-19-33-26-7-6-23(38-3)18-25(26)24(27)5-4-8-29(28(36)37)9-12-35(13-10-29)14-11-32-22-16-20(30)15-21(31)17-22/h6-7,15-19,32H,4-5,8-14H2,1-3H3,(H,36,37). The molecular formula is C29H36F2N4O3. The third-order valence-corrected chi connectivity index (χ3v) is 7.61. The summed E-state index contributed by atoms with van der Waals surface area (Å²) in [5, 5.41) is 14.3. The summed E-state index contributed by atoms with van der Waals surface area (Å²) >= 11 is 0. The van der Waals surface area contributed by atoms with Gasteiger partial charge in [0.25, 0.3) is 0 Å². The number of nitrogens with one attached hydrogen (secondary N) is 1. The second-order valence-corrected chi connectivity index (χ2v) is 10.3. The first-order valence-corrected chi connectivity index (χ1v) is 13.0. The molecular weight excluding hydrogens is 490 g/mol. The second kappa shape index (κ2) is 11.9. The summed E-state index contributed by atoms with van der Waals surface area (Å²) in [7, 11) is 5.62. The predicted octanol–water partition coefficient (Wildman–Crippen LogP) is 5.19. The van der Waals surface area contributed by atoms with Crippen molar-refractivity contribution in [2.45, 2.75) is 32.1 Å². The lowest BCUT2D eigenvalue weighted by Crippen LogP contribution is -2.45. The normalized spacial score (nSPS) is 15.4. The van der Waals surface area contributed by atoms with Crippen molar-refractivity contribution in [2.75, 3.05) is 57.6 Å². The number of anilines is 2. The number of carboxylic acid groups (broad SMARTS) is 1. The van der Waals surface area contributed by atoms with Gasteiger partial charge >= 0.3 is 5.97 Å². The molecule has 4 rings (SSSR count). The number of aromatic nitrogens is 1. The SMILES string of the molecule is COc1ccc2ncc(N(C)C)c(CCCC3(C(=O)O)CCN(CCNc4cc(F)cc(F)c4)CC3)c2c1. The third-order valence-electron chi connectivity index (χ3n) is 7.61. The Morgan fingerprint density at radius 2 is 1.87 bits per heavy atom. The van der Waals surface area contributed by atoms with Crippen molar-refractivity contribution in [1.29, 1.82) is 0 Å². The molecule has 0 saturated carbocycles. The van der Waals surface area contributed by atoms with Crippen molar-refractivity contribution in [3.8, 4) is 5.75 Å². The van der Waals surface area contributed by atoms with Gasteiger partial charge in [-0.2, -0.15) is 0 Å². The molecule has 1 aliphatic rings. The smallest absolute Gasteiger partial charge is 0.309 e. The number of piperidine rings is 1. The van der Waals surface area contributed by atoms with Crippen LogP contribution in [0.1, 0.15) is 31.2 Å². The van der Waals surface area contributed by atoms with E-state index in [2.05, 4.69) is 15.2 Å². The minimum Gasteiger partial charge on any atom is -0.497 e. The maximum Gasteiger partial charge on any atom is 0.309 e. The molecule has 2 heterocycles. The van der Waals surface area contributed by atoms with Crippen LogP contribution in [0.3, 0.4) is 0 Å². The van der Waals surface area contributed by atoms with E-state index in [1.807, 2.05) is 43.4 Å². The molecule has 0 aliphatic carbocycles. The third kappa shape index (κ3) is 6.32. The Kier molecular flexibility index (Phi) is 8.66. The molecule has 3 aromatic rings. The van der Waals surface area contributed by atoms with Gasteiger partial charge in [0, 0.05) is 44.3 Å². The zero-order valence-corrected chi connectivity index (χ0v) is 22.3. The molecule has 0 unspecified atom stereocenters. The van der Waals surface area contributed by atoms with Crippen LogP contribution in [0.15, 0.2) is 42.6 Å². The molecule has 2 N–H and O–H groups in total. The van der Waals surface area contributed by atoms with Gasteiger partial charge in [0.2, 0.25) is 0 Å². The van der Waals surface area contributed by atoms with Gasteiger partial charge in [-0.25, -0.2) is 8.78 Å². The number of fused-ring (bicyclic) bond motifs is 1. The van der Waals surface area contributed by atoms with Gasteiger partial charge < -0.3 is 25.0 Å². The van der Waals surface area contributed by atoms with Crippen LogP contribution in [0, 0.1) is 17.0 Å². The van der Waals surface area contributed by atoms with Crippen LogP contribution < -0.4 is 15.0 Å². The Bertz CT molecular complexity index is 1260. The molecule has 2 aromatic carbocycles. The van der Waals surface area contributed by atoms with Gasteiger partial charge in [-0.3, -0.25) is 9.78 Å². The number of aryl methyl sites for hydroxylation is 1. The number of rotatable bonds is 11. The van der Waals surface area contributed by atoms with Crippen LogP contribution in [-0.4, -0.2) is 68.3 Å². The minimum atomic E-state index is -0.756. The predicted molar refractivity (Wildman–Crippen MR) is 146 cm³/mol. The van der Waals surface area contributed by atoms with Crippen molar-refractivity contribution >= 4 is 28.2 Å². The van der Waals surface area contributed by atoms with Crippen molar-refractivity contribution in [2.24, 2.45) is 5.41 Å². The van der Waals surface area contributed by atoms with Crippen LogP contribution in [0.25, 0.3) is 10.9 Å². The van der Waals surface area contributed by atoms with Crippen molar-refractivity contribution in [3.05, 3.63) is 59.8 Å². The zero-order chi connectivity index (χ0) is 27.3. The quantitative estimate of drug-likeness (QED) is 0.356. The van der Waals surface area contributed by atoms with E-state index in [0.29, 0.717) is 51.1 Å². The van der Waals surface area contributed by atoms with E-state index in [1.54, 1.807) is 7.11 Å². The Hall–Kier alpha value is -3.46. The van der Waals surface area contributed by atoms with E-state index in [9.17, 15) is 18.7 Å². The number of hydrogen-bond acceptors (Lipinski definition) is 6. The maximum absolute atomic E-state index is 13.4. The molecule has 1 aromatic heterocycles. The molecule has 0 bridgehead atoms. The molecule has 7 nitrogen and oxygen atoms in total. The monoisotopic (exact) mass is 526 g/mol. The minimum absolute atomic E-state index is 0.401. The fourth-order valence-corrected chi connectivity index (χ4v) is 5.38. The molecule has 204 valence electrons. The van der Waals surface area contributed by atoms with Crippen LogP contribution in [0.5, 0.6) is 5.75 Å². The van der Waals surface area contributed by atoms with E-state index in [0.717, 1.165) is 46.8 Å². The zero-order valence-electron chi connectivity index (χ0n) is 22.3. The van der Waals surface area contributed by atoms with Gasteiger partial charge in [-0.1, -0.05) is 0 Å². The summed E-state index contributed by atoms with van der Waals surface area (Å²) in [6, 6.07) is 9.22. The number of pyridine rings is 1. The molecule has 9 heteroatoms. The summed E-state index contributed by atoms with van der Waals surface area (Å²) < 4.78 is 32.2. The van der Waals surface area contributed by atoms with Gasteiger partial charge in [-0.15, -0.1) is 0 Å². The number of methoxy groups -OCH3 is 1. The Morgan fingerprint density at radius 3 is 2.50 bits per heavy atom. The van der Waals surface area contributed by atoms with Crippen molar-refractivity contribution in [1.82, 2.24) is 9.88 Å². The van der Waals surface area contributed by atoms with E-state index in [4.69, 9.17) is 4.74 Å². The lowest BCUT2D eigenvalue weighted by Gasteiger charge is -2.39. The number of halogens is 2. The summed E-state index contributed by atoms with van der Waals surface area (Å²) in [5.74, 6) is -1.20. The first-order chi connectivity index (χ1) is 18.2. The number of ether oxygens (including phenoxy) is 1. The Labute approximate surface area is 222 Å². The van der Waals surface area contributed by atoms with Gasteiger partial charge in [-0.05, 0) is 81.1 Å². The molecule has 0 radical (unpaired) electrons. The van der Waals surface area contributed by atoms with Crippen LogP contribution in [0.4, 0.5) is 20.2 Å². The topological polar surface area (TPSA) is 77.9 Å². The van der Waals surface area contributed by atoms with Gasteiger partial charge in [0.15, 0.2) is 0 Å². The molecule has 0 amide bonds. The summed E-state index contributed by atoms with van der Waals surface area (Å²) in [6.45, 7) is 2.54.